The summed E-state index contributed by atoms with van der Waals surface area (Å²) >= 11 is 0. The van der Waals surface area contributed by atoms with E-state index in [1.54, 1.807) is 0 Å². The van der Waals surface area contributed by atoms with E-state index >= 15 is 0 Å². The van der Waals surface area contributed by atoms with Crippen molar-refractivity contribution >= 4 is 16.0 Å². The monoisotopic (exact) mass is 275 g/mol. The molecule has 1 aliphatic carbocycles. The number of sulfonamides is 1. The summed E-state index contributed by atoms with van der Waals surface area (Å²) in [6.07, 6.45) is 1.94. The maximum Gasteiger partial charge on any atom is 0.371 e. The van der Waals surface area contributed by atoms with E-state index in [1.165, 1.54) is 0 Å². The fourth-order valence-electron chi connectivity index (χ4n) is 1.81. The van der Waals surface area contributed by atoms with Crippen molar-refractivity contribution in [1.29, 1.82) is 0 Å². The molecular formula is C10H13NO6S. The molecule has 2 rings (SSSR count). The Kier molecular flexibility index (Phi) is 3.18. The van der Waals surface area contributed by atoms with Gasteiger partial charge in [-0.3, -0.25) is 0 Å². The van der Waals surface area contributed by atoms with Crippen molar-refractivity contribution in [2.24, 2.45) is 0 Å². The number of aromatic carboxylic acids is 1. The van der Waals surface area contributed by atoms with Crippen LogP contribution in [0.3, 0.4) is 0 Å². The average molecular weight is 275 g/mol. The average Bonchev–Trinajstić information content (AvgIpc) is 2.73. The number of carboxylic acids is 1. The topological polar surface area (TPSA) is 117 Å². The zero-order valence-electron chi connectivity index (χ0n) is 9.42. The van der Waals surface area contributed by atoms with Gasteiger partial charge in [0.25, 0.3) is 10.0 Å². The predicted molar refractivity (Wildman–Crippen MR) is 59.7 cm³/mol. The Labute approximate surface area is 103 Å². The largest absolute Gasteiger partial charge is 0.475 e. The lowest BCUT2D eigenvalue weighted by Crippen LogP contribution is -2.55. The Bertz CT molecular complexity index is 551. The molecule has 7 nitrogen and oxygen atoms in total. The van der Waals surface area contributed by atoms with Gasteiger partial charge in [0.15, 0.2) is 0 Å². The van der Waals surface area contributed by atoms with Crippen LogP contribution in [0.2, 0.25) is 0 Å². The van der Waals surface area contributed by atoms with Crippen LogP contribution in [0, 0.1) is 0 Å². The second kappa shape index (κ2) is 4.38. The molecule has 0 bridgehead atoms. The van der Waals surface area contributed by atoms with Gasteiger partial charge in [0.05, 0.1) is 12.1 Å². The number of nitrogens with one attached hydrogen (secondary N) is 1. The SMILES string of the molecule is O=C(O)c1ccc(S(=O)(=O)NC2(CO)CCC2)o1. The molecule has 1 heterocycles. The Morgan fingerprint density at radius 2 is 2.11 bits per heavy atom. The second-order valence-electron chi connectivity index (χ2n) is 4.32. The first kappa shape index (κ1) is 13.1. The molecule has 0 aromatic carbocycles. The van der Waals surface area contributed by atoms with Gasteiger partial charge in [-0.05, 0) is 31.4 Å². The van der Waals surface area contributed by atoms with E-state index in [1.807, 2.05) is 0 Å². The highest BCUT2D eigenvalue weighted by molar-refractivity contribution is 7.89. The number of carboxylic acid groups (broad SMARTS) is 1. The minimum absolute atomic E-state index is 0.293. The zero-order chi connectivity index (χ0) is 13.4. The number of carbonyl (C=O) groups is 1. The van der Waals surface area contributed by atoms with E-state index in [0.717, 1.165) is 18.6 Å². The van der Waals surface area contributed by atoms with Crippen LogP contribution in [0.15, 0.2) is 21.6 Å². The van der Waals surface area contributed by atoms with Crippen molar-refractivity contribution in [1.82, 2.24) is 4.72 Å². The molecule has 1 aromatic heterocycles. The zero-order valence-corrected chi connectivity index (χ0v) is 10.2. The molecule has 100 valence electrons. The first-order chi connectivity index (χ1) is 8.38. The van der Waals surface area contributed by atoms with Crippen LogP contribution < -0.4 is 4.72 Å². The molecular weight excluding hydrogens is 262 g/mol. The molecule has 1 aromatic rings. The minimum Gasteiger partial charge on any atom is -0.475 e. The maximum absolute atomic E-state index is 11.9. The molecule has 0 radical (unpaired) electrons. The van der Waals surface area contributed by atoms with Gasteiger partial charge in [-0.15, -0.1) is 0 Å². The summed E-state index contributed by atoms with van der Waals surface area (Å²) in [6, 6.07) is 2.15. The molecule has 1 fully saturated rings. The highest BCUT2D eigenvalue weighted by atomic mass is 32.2. The van der Waals surface area contributed by atoms with Gasteiger partial charge in [-0.1, -0.05) is 0 Å². The first-order valence-electron chi connectivity index (χ1n) is 5.37. The summed E-state index contributed by atoms with van der Waals surface area (Å²) in [7, 11) is -3.94. The van der Waals surface area contributed by atoms with Crippen LogP contribution in [0.1, 0.15) is 29.8 Å². The molecule has 18 heavy (non-hydrogen) atoms. The van der Waals surface area contributed by atoms with Gasteiger partial charge in [-0.25, -0.2) is 17.9 Å². The lowest BCUT2D eigenvalue weighted by Gasteiger charge is -2.40. The first-order valence-corrected chi connectivity index (χ1v) is 6.85. The van der Waals surface area contributed by atoms with Gasteiger partial charge in [0.1, 0.15) is 0 Å². The summed E-state index contributed by atoms with van der Waals surface area (Å²) in [5, 5.41) is 17.4. The number of hydrogen-bond acceptors (Lipinski definition) is 5. The van der Waals surface area contributed by atoms with Crippen molar-refractivity contribution < 1.29 is 27.8 Å². The summed E-state index contributed by atoms with van der Waals surface area (Å²) in [5.41, 5.74) is -0.838. The Morgan fingerprint density at radius 3 is 2.50 bits per heavy atom. The smallest absolute Gasteiger partial charge is 0.371 e. The molecule has 0 spiro atoms. The molecule has 0 saturated heterocycles. The molecule has 3 N–H and O–H groups in total. The van der Waals surface area contributed by atoms with Gasteiger partial charge in [0.2, 0.25) is 10.9 Å². The van der Waals surface area contributed by atoms with E-state index in [9.17, 15) is 18.3 Å². The summed E-state index contributed by atoms with van der Waals surface area (Å²) in [4.78, 5) is 10.6. The van der Waals surface area contributed by atoms with Crippen molar-refractivity contribution in [3.8, 4) is 0 Å². The van der Waals surface area contributed by atoms with E-state index in [4.69, 9.17) is 9.52 Å². The summed E-state index contributed by atoms with van der Waals surface area (Å²) < 4.78 is 31.0. The van der Waals surface area contributed by atoms with Crippen LogP contribution in [-0.2, 0) is 10.0 Å². The Hall–Kier alpha value is -1.38. The molecule has 1 saturated carbocycles. The van der Waals surface area contributed by atoms with E-state index < -0.39 is 32.4 Å². The molecule has 8 heteroatoms. The Balaban J connectivity index is 2.22. The fourth-order valence-corrected chi connectivity index (χ4v) is 3.20. The highest BCUT2D eigenvalue weighted by Crippen LogP contribution is 2.33. The van der Waals surface area contributed by atoms with Crippen LogP contribution >= 0.6 is 0 Å². The van der Waals surface area contributed by atoms with Crippen molar-refractivity contribution in [2.75, 3.05) is 6.61 Å². The van der Waals surface area contributed by atoms with Crippen molar-refractivity contribution in [3.63, 3.8) is 0 Å². The van der Waals surface area contributed by atoms with Crippen molar-refractivity contribution in [2.45, 2.75) is 29.9 Å². The minimum atomic E-state index is -3.94. The molecule has 0 aliphatic heterocycles. The molecule has 1 aliphatic rings. The third-order valence-corrected chi connectivity index (χ3v) is 4.47. The lowest BCUT2D eigenvalue weighted by atomic mass is 9.78. The van der Waals surface area contributed by atoms with E-state index in [0.29, 0.717) is 12.8 Å². The molecule has 0 unspecified atom stereocenters. The van der Waals surface area contributed by atoms with Crippen LogP contribution in [0.4, 0.5) is 0 Å². The van der Waals surface area contributed by atoms with Crippen LogP contribution in [0.25, 0.3) is 0 Å². The normalized spacial score (nSPS) is 18.3. The van der Waals surface area contributed by atoms with Crippen LogP contribution in [-0.4, -0.2) is 36.7 Å². The third-order valence-electron chi connectivity index (χ3n) is 3.02. The number of aliphatic hydroxyl groups excluding tert-OH is 1. The number of furan rings is 1. The predicted octanol–water partition coefficient (Wildman–Crippen LogP) is 0.171. The summed E-state index contributed by atoms with van der Waals surface area (Å²) in [6.45, 7) is -0.293. The summed E-state index contributed by atoms with van der Waals surface area (Å²) in [5.74, 6) is -1.78. The third kappa shape index (κ3) is 2.26. The van der Waals surface area contributed by atoms with Crippen LogP contribution in [0.5, 0.6) is 0 Å². The van der Waals surface area contributed by atoms with Gasteiger partial charge >= 0.3 is 5.97 Å². The van der Waals surface area contributed by atoms with E-state index in [-0.39, 0.29) is 6.61 Å². The van der Waals surface area contributed by atoms with E-state index in [2.05, 4.69) is 4.72 Å². The number of aliphatic hydroxyl groups is 1. The van der Waals surface area contributed by atoms with Gasteiger partial charge in [-0.2, -0.15) is 0 Å². The molecule has 0 amide bonds. The second-order valence-corrected chi connectivity index (χ2v) is 5.93. The fraction of sp³-hybridized carbons (Fsp3) is 0.500. The lowest BCUT2D eigenvalue weighted by molar-refractivity contribution is 0.0656. The molecule has 0 atom stereocenters. The van der Waals surface area contributed by atoms with Gasteiger partial charge < -0.3 is 14.6 Å². The standard InChI is InChI=1S/C10H13NO6S/c12-6-10(4-1-5-10)11-18(15,16)8-3-2-7(17-8)9(13)14/h2-3,11-12H,1,4-6H2,(H,13,14). The quantitative estimate of drug-likeness (QED) is 0.705. The number of rotatable bonds is 5. The number of hydrogen-bond donors (Lipinski definition) is 3. The maximum atomic E-state index is 11.9. The Morgan fingerprint density at radius 1 is 1.44 bits per heavy atom. The van der Waals surface area contributed by atoms with Crippen molar-refractivity contribution in [3.05, 3.63) is 17.9 Å². The highest BCUT2D eigenvalue weighted by Gasteiger charge is 2.41. The van der Waals surface area contributed by atoms with Gasteiger partial charge in [0, 0.05) is 0 Å².